The Bertz CT molecular complexity index is 718. The summed E-state index contributed by atoms with van der Waals surface area (Å²) in [5.74, 6) is -1.79. The average Bonchev–Trinajstić information content (AvgIpc) is 3.21. The molecule has 6 nitrogen and oxygen atoms in total. The van der Waals surface area contributed by atoms with Crippen molar-refractivity contribution in [3.63, 3.8) is 0 Å². The molecule has 1 aromatic heterocycles. The van der Waals surface area contributed by atoms with Gasteiger partial charge in [0.1, 0.15) is 11.6 Å². The Morgan fingerprint density at radius 2 is 2.12 bits per heavy atom. The second-order valence-corrected chi connectivity index (χ2v) is 7.58. The van der Waals surface area contributed by atoms with E-state index in [1.807, 2.05) is 0 Å². The highest BCUT2D eigenvalue weighted by molar-refractivity contribution is 8.01. The van der Waals surface area contributed by atoms with E-state index in [2.05, 4.69) is 20.8 Å². The molecule has 0 radical (unpaired) electrons. The zero-order valence-corrected chi connectivity index (χ0v) is 14.8. The number of amides is 1. The van der Waals surface area contributed by atoms with Crippen LogP contribution in [-0.4, -0.2) is 41.1 Å². The van der Waals surface area contributed by atoms with Crippen LogP contribution in [0.4, 0.5) is 19.6 Å². The molecule has 1 unspecified atom stereocenters. The molecule has 1 aromatic carbocycles. The summed E-state index contributed by atoms with van der Waals surface area (Å²) in [7, 11) is 0. The van der Waals surface area contributed by atoms with Crippen molar-refractivity contribution in [2.45, 2.75) is 23.3 Å². The van der Waals surface area contributed by atoms with Crippen LogP contribution < -0.4 is 10.6 Å². The highest BCUT2D eigenvalue weighted by Crippen LogP contribution is 2.26. The van der Waals surface area contributed by atoms with Gasteiger partial charge in [-0.15, -0.1) is 10.2 Å². The number of hydrogen-bond acceptors (Lipinski definition) is 7. The summed E-state index contributed by atoms with van der Waals surface area (Å²) in [5, 5.41) is 14.3. The van der Waals surface area contributed by atoms with Gasteiger partial charge in [0, 0.05) is 24.9 Å². The number of halogens is 2. The molecule has 2 aromatic rings. The summed E-state index contributed by atoms with van der Waals surface area (Å²) in [5.41, 5.74) is 0.0827. The summed E-state index contributed by atoms with van der Waals surface area (Å²) < 4.78 is 32.3. The van der Waals surface area contributed by atoms with E-state index < -0.39 is 11.6 Å². The lowest BCUT2D eigenvalue weighted by Crippen LogP contribution is -2.18. The minimum absolute atomic E-state index is 0.0680. The Hall–Kier alpha value is -1.78. The SMILES string of the molecule is O=C(CSc1nnc(NCC2CCCO2)s1)Nc1cc(F)cc(F)c1. The molecule has 134 valence electrons. The second kappa shape index (κ2) is 8.54. The molecule has 2 N–H and O–H groups in total. The normalized spacial score (nSPS) is 16.8. The molecular weight excluding hydrogens is 370 g/mol. The fourth-order valence-corrected chi connectivity index (χ4v) is 3.86. The van der Waals surface area contributed by atoms with Crippen molar-refractivity contribution in [1.29, 1.82) is 0 Å². The predicted molar refractivity (Wildman–Crippen MR) is 93.1 cm³/mol. The van der Waals surface area contributed by atoms with Gasteiger partial charge in [-0.2, -0.15) is 0 Å². The average molecular weight is 386 g/mol. The number of nitrogens with zero attached hydrogens (tertiary/aromatic N) is 2. The molecule has 1 saturated heterocycles. The third-order valence-corrected chi connectivity index (χ3v) is 5.40. The van der Waals surface area contributed by atoms with E-state index in [0.717, 1.165) is 37.6 Å². The van der Waals surface area contributed by atoms with Gasteiger partial charge in [-0.25, -0.2) is 8.78 Å². The lowest BCUT2D eigenvalue weighted by atomic mass is 10.2. The first-order chi connectivity index (χ1) is 12.1. The molecule has 3 rings (SSSR count). The van der Waals surface area contributed by atoms with Crippen LogP contribution in [0.2, 0.25) is 0 Å². The van der Waals surface area contributed by atoms with Gasteiger partial charge in [0.15, 0.2) is 4.34 Å². The van der Waals surface area contributed by atoms with Crippen LogP contribution in [0.3, 0.4) is 0 Å². The van der Waals surface area contributed by atoms with Gasteiger partial charge in [-0.3, -0.25) is 4.79 Å². The predicted octanol–water partition coefficient (Wildman–Crippen LogP) is 3.14. The molecular formula is C15H16F2N4O2S2. The number of thioether (sulfide) groups is 1. The topological polar surface area (TPSA) is 76.1 Å². The van der Waals surface area contributed by atoms with E-state index >= 15 is 0 Å². The quantitative estimate of drug-likeness (QED) is 0.712. The molecule has 1 aliphatic heterocycles. The third-order valence-electron chi connectivity index (χ3n) is 3.38. The minimum Gasteiger partial charge on any atom is -0.376 e. The van der Waals surface area contributed by atoms with Crippen molar-refractivity contribution in [2.75, 3.05) is 29.5 Å². The molecule has 0 spiro atoms. The highest BCUT2D eigenvalue weighted by Gasteiger charge is 2.16. The van der Waals surface area contributed by atoms with Gasteiger partial charge in [0.2, 0.25) is 11.0 Å². The van der Waals surface area contributed by atoms with Crippen LogP contribution >= 0.6 is 23.1 Å². The number of aromatic nitrogens is 2. The van der Waals surface area contributed by atoms with Crippen molar-refractivity contribution >= 4 is 39.8 Å². The van der Waals surface area contributed by atoms with Crippen LogP contribution in [0.5, 0.6) is 0 Å². The van der Waals surface area contributed by atoms with Crippen molar-refractivity contribution < 1.29 is 18.3 Å². The van der Waals surface area contributed by atoms with Gasteiger partial charge in [-0.05, 0) is 25.0 Å². The van der Waals surface area contributed by atoms with Crippen LogP contribution in [0.1, 0.15) is 12.8 Å². The number of hydrogen-bond donors (Lipinski definition) is 2. The maximum Gasteiger partial charge on any atom is 0.234 e. The van der Waals surface area contributed by atoms with Gasteiger partial charge in [0.05, 0.1) is 11.9 Å². The van der Waals surface area contributed by atoms with Crippen molar-refractivity contribution in [2.24, 2.45) is 0 Å². The maximum atomic E-state index is 13.1. The van der Waals surface area contributed by atoms with Gasteiger partial charge < -0.3 is 15.4 Å². The number of ether oxygens (including phenoxy) is 1. The standard InChI is InChI=1S/C15H16F2N4O2S2/c16-9-4-10(17)6-11(5-9)19-13(22)8-24-15-21-20-14(25-15)18-7-12-2-1-3-23-12/h4-6,12H,1-3,7-8H2,(H,18,20)(H,19,22). The summed E-state index contributed by atoms with van der Waals surface area (Å²) in [6, 6.07) is 2.87. The molecule has 1 amide bonds. The molecule has 1 atom stereocenters. The van der Waals surface area contributed by atoms with E-state index in [9.17, 15) is 13.6 Å². The molecule has 1 aliphatic rings. The first-order valence-electron chi connectivity index (χ1n) is 7.66. The summed E-state index contributed by atoms with van der Waals surface area (Å²) in [4.78, 5) is 11.9. The van der Waals surface area contributed by atoms with Gasteiger partial charge in [-0.1, -0.05) is 23.1 Å². The van der Waals surface area contributed by atoms with Crippen molar-refractivity contribution in [1.82, 2.24) is 10.2 Å². The molecule has 1 fully saturated rings. The highest BCUT2D eigenvalue weighted by atomic mass is 32.2. The fourth-order valence-electron chi connectivity index (χ4n) is 2.30. The van der Waals surface area contributed by atoms with E-state index in [0.29, 0.717) is 16.0 Å². The molecule has 25 heavy (non-hydrogen) atoms. The summed E-state index contributed by atoms with van der Waals surface area (Å²) in [6.07, 6.45) is 2.32. The number of carbonyl (C=O) groups is 1. The maximum absolute atomic E-state index is 13.1. The molecule has 2 heterocycles. The largest absolute Gasteiger partial charge is 0.376 e. The Labute approximate surface area is 151 Å². The molecule has 0 aliphatic carbocycles. The van der Waals surface area contributed by atoms with Crippen molar-refractivity contribution in [3.8, 4) is 0 Å². The van der Waals surface area contributed by atoms with Crippen molar-refractivity contribution in [3.05, 3.63) is 29.8 Å². The fraction of sp³-hybridized carbons (Fsp3) is 0.400. The number of nitrogens with one attached hydrogen (secondary N) is 2. The van der Waals surface area contributed by atoms with Crippen LogP contribution in [-0.2, 0) is 9.53 Å². The molecule has 0 bridgehead atoms. The Balaban J connectivity index is 1.44. The number of anilines is 2. The zero-order chi connectivity index (χ0) is 17.6. The lowest BCUT2D eigenvalue weighted by Gasteiger charge is -2.08. The Morgan fingerprint density at radius 3 is 2.84 bits per heavy atom. The van der Waals surface area contributed by atoms with Crippen LogP contribution in [0.15, 0.2) is 22.5 Å². The number of carbonyl (C=O) groups excluding carboxylic acids is 1. The minimum atomic E-state index is -0.742. The first kappa shape index (κ1) is 18.0. The summed E-state index contributed by atoms with van der Waals surface area (Å²) in [6.45, 7) is 1.48. The summed E-state index contributed by atoms with van der Waals surface area (Å²) >= 11 is 2.55. The zero-order valence-electron chi connectivity index (χ0n) is 13.1. The third kappa shape index (κ3) is 5.62. The first-order valence-corrected chi connectivity index (χ1v) is 9.46. The molecule has 10 heteroatoms. The van der Waals surface area contributed by atoms with E-state index in [1.165, 1.54) is 23.1 Å². The number of benzene rings is 1. The van der Waals surface area contributed by atoms with Crippen LogP contribution in [0, 0.1) is 11.6 Å². The van der Waals surface area contributed by atoms with Gasteiger partial charge in [0.25, 0.3) is 0 Å². The lowest BCUT2D eigenvalue weighted by molar-refractivity contribution is -0.113. The van der Waals surface area contributed by atoms with E-state index in [4.69, 9.17) is 4.74 Å². The molecule has 0 saturated carbocycles. The van der Waals surface area contributed by atoms with E-state index in [-0.39, 0.29) is 23.5 Å². The monoisotopic (exact) mass is 386 g/mol. The van der Waals surface area contributed by atoms with Crippen LogP contribution in [0.25, 0.3) is 0 Å². The Morgan fingerprint density at radius 1 is 1.32 bits per heavy atom. The van der Waals surface area contributed by atoms with E-state index in [1.54, 1.807) is 0 Å². The smallest absolute Gasteiger partial charge is 0.234 e. The second-order valence-electron chi connectivity index (χ2n) is 5.38. The number of rotatable bonds is 7. The van der Waals surface area contributed by atoms with Gasteiger partial charge >= 0.3 is 0 Å². The Kier molecular flexibility index (Phi) is 6.16.